The molecule has 1 aromatic heterocycles. The lowest BCUT2D eigenvalue weighted by atomic mass is 10.0. The summed E-state index contributed by atoms with van der Waals surface area (Å²) in [7, 11) is 0. The second-order valence-electron chi connectivity index (χ2n) is 5.89. The van der Waals surface area contributed by atoms with E-state index in [9.17, 15) is 19.7 Å². The molecular weight excluding hydrogens is 336 g/mol. The Hall–Kier alpha value is -3.48. The minimum absolute atomic E-state index is 0.0227. The van der Waals surface area contributed by atoms with Crippen molar-refractivity contribution in [2.45, 2.75) is 20.0 Å². The molecule has 0 fully saturated rings. The van der Waals surface area contributed by atoms with E-state index in [0.29, 0.717) is 11.3 Å². The van der Waals surface area contributed by atoms with Crippen molar-refractivity contribution >= 4 is 28.3 Å². The minimum Gasteiger partial charge on any atom is -0.451 e. The highest BCUT2D eigenvalue weighted by Crippen LogP contribution is 2.24. The Labute approximate surface area is 148 Å². The van der Waals surface area contributed by atoms with Gasteiger partial charge >= 0.3 is 5.97 Å². The number of aromatic nitrogens is 1. The number of rotatable bonds is 5. The summed E-state index contributed by atoms with van der Waals surface area (Å²) in [5.74, 6) is -1.12. The van der Waals surface area contributed by atoms with Gasteiger partial charge in [-0.05, 0) is 26.0 Å². The molecule has 26 heavy (non-hydrogen) atoms. The van der Waals surface area contributed by atoms with Crippen LogP contribution in [0, 0.1) is 17.0 Å². The van der Waals surface area contributed by atoms with Gasteiger partial charge in [-0.25, -0.2) is 4.79 Å². The number of carbonyl (C=O) groups is 2. The van der Waals surface area contributed by atoms with E-state index in [4.69, 9.17) is 4.74 Å². The molecule has 0 bridgehead atoms. The van der Waals surface area contributed by atoms with E-state index >= 15 is 0 Å². The number of aromatic amines is 1. The summed E-state index contributed by atoms with van der Waals surface area (Å²) in [6, 6.07) is 12.6. The van der Waals surface area contributed by atoms with E-state index in [2.05, 4.69) is 4.98 Å². The molecule has 132 valence electrons. The molecule has 2 aromatic carbocycles. The lowest BCUT2D eigenvalue weighted by Crippen LogP contribution is -2.25. The van der Waals surface area contributed by atoms with Crippen LogP contribution in [0.3, 0.4) is 0 Å². The molecule has 7 nitrogen and oxygen atoms in total. The fraction of sp³-hybridized carbons (Fsp3) is 0.158. The van der Waals surface area contributed by atoms with Crippen LogP contribution >= 0.6 is 0 Å². The molecule has 1 N–H and O–H groups in total. The van der Waals surface area contributed by atoms with Gasteiger partial charge in [0.15, 0.2) is 6.10 Å². The first-order valence-corrected chi connectivity index (χ1v) is 7.95. The Morgan fingerprint density at radius 1 is 1.15 bits per heavy atom. The van der Waals surface area contributed by atoms with E-state index in [1.165, 1.54) is 25.1 Å². The van der Waals surface area contributed by atoms with Crippen molar-refractivity contribution in [1.29, 1.82) is 0 Å². The molecule has 0 aliphatic carbocycles. The largest absolute Gasteiger partial charge is 0.451 e. The Bertz CT molecular complexity index is 1020. The summed E-state index contributed by atoms with van der Waals surface area (Å²) in [6.07, 6.45) is -1.03. The number of hydrogen-bond donors (Lipinski definition) is 1. The molecule has 1 atom stereocenters. The zero-order valence-electron chi connectivity index (χ0n) is 14.2. The van der Waals surface area contributed by atoms with Gasteiger partial charge in [0.2, 0.25) is 5.78 Å². The van der Waals surface area contributed by atoms with Crippen LogP contribution in [0.15, 0.2) is 48.5 Å². The zero-order valence-corrected chi connectivity index (χ0v) is 14.2. The number of H-pyrrole nitrogens is 1. The smallest absolute Gasteiger partial charge is 0.339 e. The van der Waals surface area contributed by atoms with Gasteiger partial charge in [-0.1, -0.05) is 24.3 Å². The average molecular weight is 352 g/mol. The molecule has 0 unspecified atom stereocenters. The predicted molar refractivity (Wildman–Crippen MR) is 95.3 cm³/mol. The molecule has 3 aromatic rings. The third kappa shape index (κ3) is 3.19. The number of para-hydroxylation sites is 1. The maximum Gasteiger partial charge on any atom is 0.339 e. The van der Waals surface area contributed by atoms with Crippen molar-refractivity contribution in [2.75, 3.05) is 0 Å². The number of non-ortho nitro benzene ring substituents is 1. The maximum absolute atomic E-state index is 12.8. The number of nitrogens with one attached hydrogen (secondary N) is 1. The molecule has 0 saturated carbocycles. The number of Topliss-reactive ketones (excluding diaryl/α,β-unsaturated/α-hetero) is 1. The van der Waals surface area contributed by atoms with Gasteiger partial charge < -0.3 is 9.72 Å². The monoisotopic (exact) mass is 352 g/mol. The van der Waals surface area contributed by atoms with Crippen LogP contribution in [0.5, 0.6) is 0 Å². The SMILES string of the molecule is Cc1[nH]c2ccccc2c1C(=O)[C@H](C)OC(=O)c1cccc([N+](=O)[O-])c1. The van der Waals surface area contributed by atoms with E-state index in [1.54, 1.807) is 6.92 Å². The van der Waals surface area contributed by atoms with Crippen LogP contribution in [0.4, 0.5) is 5.69 Å². The van der Waals surface area contributed by atoms with Crippen LogP contribution < -0.4 is 0 Å². The van der Waals surface area contributed by atoms with E-state index in [1.807, 2.05) is 24.3 Å². The maximum atomic E-state index is 12.8. The molecule has 0 aliphatic rings. The first-order valence-electron chi connectivity index (χ1n) is 7.95. The van der Waals surface area contributed by atoms with E-state index in [-0.39, 0.29) is 17.0 Å². The number of esters is 1. The van der Waals surface area contributed by atoms with Crippen LogP contribution in [0.2, 0.25) is 0 Å². The Morgan fingerprint density at radius 2 is 1.88 bits per heavy atom. The van der Waals surface area contributed by atoms with Gasteiger partial charge in [0.1, 0.15) is 0 Å². The second kappa shape index (κ2) is 6.79. The lowest BCUT2D eigenvalue weighted by molar-refractivity contribution is -0.384. The fourth-order valence-electron chi connectivity index (χ4n) is 2.83. The molecular formula is C19H16N2O5. The standard InChI is InChI=1S/C19H16N2O5/c1-11-17(15-8-3-4-9-16(15)20-11)18(22)12(2)26-19(23)13-6-5-7-14(10-13)21(24)25/h3-10,12,20H,1-2H3/t12-/m0/s1. The number of nitro benzene ring substituents is 1. The predicted octanol–water partition coefficient (Wildman–Crippen LogP) is 3.81. The molecule has 3 rings (SSSR count). The molecule has 0 saturated heterocycles. The van der Waals surface area contributed by atoms with Gasteiger partial charge in [0.25, 0.3) is 5.69 Å². The number of benzene rings is 2. The number of carbonyl (C=O) groups excluding carboxylic acids is 2. The van der Waals surface area contributed by atoms with E-state index in [0.717, 1.165) is 17.0 Å². The number of aryl methyl sites for hydroxylation is 1. The topological polar surface area (TPSA) is 102 Å². The number of nitro groups is 1. The highest BCUT2D eigenvalue weighted by atomic mass is 16.6. The molecule has 0 amide bonds. The summed E-state index contributed by atoms with van der Waals surface area (Å²) in [4.78, 5) is 38.4. The zero-order chi connectivity index (χ0) is 18.8. The Balaban J connectivity index is 1.83. The normalized spacial score (nSPS) is 11.9. The van der Waals surface area contributed by atoms with Crippen molar-refractivity contribution in [3.8, 4) is 0 Å². The summed E-state index contributed by atoms with van der Waals surface area (Å²) in [5, 5.41) is 11.6. The van der Waals surface area contributed by atoms with Crippen LogP contribution in [0.1, 0.15) is 33.3 Å². The summed E-state index contributed by atoms with van der Waals surface area (Å²) >= 11 is 0. The van der Waals surface area contributed by atoms with Gasteiger partial charge in [-0.2, -0.15) is 0 Å². The van der Waals surface area contributed by atoms with Crippen LogP contribution in [-0.2, 0) is 4.74 Å². The lowest BCUT2D eigenvalue weighted by Gasteiger charge is -2.12. The summed E-state index contributed by atoms with van der Waals surface area (Å²) in [6.45, 7) is 3.27. The number of hydrogen-bond acceptors (Lipinski definition) is 5. The van der Waals surface area contributed by atoms with Crippen LogP contribution in [-0.4, -0.2) is 27.8 Å². The first-order chi connectivity index (χ1) is 12.4. The molecule has 7 heteroatoms. The van der Waals surface area contributed by atoms with E-state index < -0.39 is 17.0 Å². The van der Waals surface area contributed by atoms with Gasteiger partial charge in [0, 0.05) is 34.3 Å². The highest BCUT2D eigenvalue weighted by Gasteiger charge is 2.25. The Kier molecular flexibility index (Phi) is 4.53. The quantitative estimate of drug-likeness (QED) is 0.325. The molecule has 1 heterocycles. The van der Waals surface area contributed by atoms with Crippen molar-refractivity contribution in [3.63, 3.8) is 0 Å². The van der Waals surface area contributed by atoms with Crippen molar-refractivity contribution in [1.82, 2.24) is 4.98 Å². The van der Waals surface area contributed by atoms with Crippen molar-refractivity contribution in [2.24, 2.45) is 0 Å². The third-order valence-corrected chi connectivity index (χ3v) is 4.09. The third-order valence-electron chi connectivity index (χ3n) is 4.09. The van der Waals surface area contributed by atoms with Crippen molar-refractivity contribution < 1.29 is 19.2 Å². The fourth-order valence-corrected chi connectivity index (χ4v) is 2.83. The molecule has 0 radical (unpaired) electrons. The summed E-state index contributed by atoms with van der Waals surface area (Å²) < 4.78 is 5.24. The first kappa shape index (κ1) is 17.3. The van der Waals surface area contributed by atoms with Gasteiger partial charge in [0.05, 0.1) is 10.5 Å². The summed E-state index contributed by atoms with van der Waals surface area (Å²) in [5.41, 5.74) is 1.79. The average Bonchev–Trinajstić information content (AvgIpc) is 2.96. The number of ether oxygens (including phenoxy) is 1. The number of fused-ring (bicyclic) bond motifs is 1. The van der Waals surface area contributed by atoms with Crippen LogP contribution in [0.25, 0.3) is 10.9 Å². The van der Waals surface area contributed by atoms with Crippen molar-refractivity contribution in [3.05, 3.63) is 75.5 Å². The molecule has 0 aliphatic heterocycles. The Morgan fingerprint density at radius 3 is 2.62 bits per heavy atom. The van der Waals surface area contributed by atoms with Gasteiger partial charge in [-0.15, -0.1) is 0 Å². The minimum atomic E-state index is -1.03. The highest BCUT2D eigenvalue weighted by molar-refractivity contribution is 6.11. The number of nitrogens with zero attached hydrogens (tertiary/aromatic N) is 1. The van der Waals surface area contributed by atoms with Gasteiger partial charge in [-0.3, -0.25) is 14.9 Å². The second-order valence-corrected chi connectivity index (χ2v) is 5.89. The molecule has 0 spiro atoms. The number of ketones is 1.